The van der Waals surface area contributed by atoms with Crippen molar-refractivity contribution in [3.8, 4) is 11.5 Å². The summed E-state index contributed by atoms with van der Waals surface area (Å²) in [4.78, 5) is 44.6. The van der Waals surface area contributed by atoms with Crippen LogP contribution in [0.5, 0.6) is 11.5 Å². The molecule has 1 fully saturated rings. The average molecular weight is 537 g/mol. The molecule has 3 aromatic rings. The quantitative estimate of drug-likeness (QED) is 0.163. The van der Waals surface area contributed by atoms with Crippen LogP contribution in [0, 0.1) is 12.7 Å². The summed E-state index contributed by atoms with van der Waals surface area (Å²) in [6.07, 6.45) is 1.41. The number of aromatic nitrogens is 1. The Bertz CT molecular complexity index is 1510. The van der Waals surface area contributed by atoms with E-state index in [2.05, 4.69) is 11.6 Å². The van der Waals surface area contributed by atoms with Gasteiger partial charge in [0, 0.05) is 11.1 Å². The van der Waals surface area contributed by atoms with Crippen molar-refractivity contribution in [2.75, 3.05) is 24.7 Å². The standard InChI is InChI=1S/C27H21FN2O7S/c1-3-10-37-26(34)24-14(2)29-27(38-24)30-21(16-6-4-5-7-17(16)28)20(23(32)25(30)33)22(31)15-8-9-18-19(13-15)36-12-11-35-18/h3-9,13,21,31H,1,10-12H2,2H3. The zero-order valence-corrected chi connectivity index (χ0v) is 20.9. The van der Waals surface area contributed by atoms with Gasteiger partial charge in [0.05, 0.1) is 11.3 Å². The molecule has 0 radical (unpaired) electrons. The van der Waals surface area contributed by atoms with Crippen molar-refractivity contribution < 1.29 is 38.1 Å². The van der Waals surface area contributed by atoms with Crippen LogP contribution in [0.3, 0.4) is 0 Å². The maximum Gasteiger partial charge on any atom is 0.350 e. The number of aliphatic hydroxyl groups excluding tert-OH is 1. The Labute approximate surface area is 220 Å². The predicted molar refractivity (Wildman–Crippen MR) is 136 cm³/mol. The minimum atomic E-state index is -1.35. The van der Waals surface area contributed by atoms with Crippen LogP contribution in [0.2, 0.25) is 0 Å². The molecular weight excluding hydrogens is 515 g/mol. The van der Waals surface area contributed by atoms with Gasteiger partial charge in [-0.2, -0.15) is 0 Å². The van der Waals surface area contributed by atoms with Gasteiger partial charge in [0.15, 0.2) is 16.6 Å². The topological polar surface area (TPSA) is 115 Å². The molecule has 2 aliphatic rings. The van der Waals surface area contributed by atoms with E-state index in [1.165, 1.54) is 36.4 Å². The molecule has 5 rings (SSSR count). The number of halogens is 1. The summed E-state index contributed by atoms with van der Waals surface area (Å²) in [5.41, 5.74) is 0.0764. The van der Waals surface area contributed by atoms with Gasteiger partial charge in [0.2, 0.25) is 0 Å². The first-order chi connectivity index (χ1) is 18.3. The number of hydrogen-bond acceptors (Lipinski definition) is 9. The van der Waals surface area contributed by atoms with Crippen LogP contribution in [-0.2, 0) is 14.3 Å². The van der Waals surface area contributed by atoms with Gasteiger partial charge in [0.1, 0.15) is 42.3 Å². The highest BCUT2D eigenvalue weighted by Gasteiger charge is 2.49. The number of ketones is 1. The number of hydrogen-bond donors (Lipinski definition) is 1. The van der Waals surface area contributed by atoms with Gasteiger partial charge in [-0.1, -0.05) is 42.2 Å². The predicted octanol–water partition coefficient (Wildman–Crippen LogP) is 4.33. The summed E-state index contributed by atoms with van der Waals surface area (Å²) in [6.45, 7) is 5.70. The second-order valence-corrected chi connectivity index (χ2v) is 9.32. The van der Waals surface area contributed by atoms with E-state index in [4.69, 9.17) is 14.2 Å². The average Bonchev–Trinajstić information content (AvgIpc) is 3.43. The molecule has 1 amide bonds. The van der Waals surface area contributed by atoms with Crippen molar-refractivity contribution >= 4 is 39.9 Å². The normalized spacial score (nSPS) is 17.9. The van der Waals surface area contributed by atoms with Crippen molar-refractivity contribution in [3.05, 3.63) is 88.2 Å². The van der Waals surface area contributed by atoms with Crippen LogP contribution in [0.25, 0.3) is 5.76 Å². The third kappa shape index (κ3) is 4.30. The van der Waals surface area contributed by atoms with E-state index in [0.29, 0.717) is 24.7 Å². The molecule has 1 aromatic heterocycles. The molecule has 1 saturated heterocycles. The highest BCUT2D eigenvalue weighted by Crippen LogP contribution is 2.45. The number of carbonyl (C=O) groups is 3. The van der Waals surface area contributed by atoms with Crippen LogP contribution < -0.4 is 14.4 Å². The number of anilines is 1. The third-order valence-corrected chi connectivity index (χ3v) is 7.11. The van der Waals surface area contributed by atoms with Gasteiger partial charge in [-0.25, -0.2) is 14.2 Å². The SMILES string of the molecule is C=CCOC(=O)c1sc(N2C(=O)C(=O)C(=C(O)c3ccc4c(c3)OCCO4)C2c2ccccc2F)nc1C. The van der Waals surface area contributed by atoms with E-state index in [1.807, 2.05) is 0 Å². The number of nitrogens with zero attached hydrogens (tertiary/aromatic N) is 2. The molecule has 0 spiro atoms. The number of ether oxygens (including phenoxy) is 3. The lowest BCUT2D eigenvalue weighted by atomic mass is 9.95. The number of amides is 1. The number of aryl methyl sites for hydroxylation is 1. The van der Waals surface area contributed by atoms with Crippen LogP contribution in [0.4, 0.5) is 9.52 Å². The Morgan fingerprint density at radius 3 is 2.71 bits per heavy atom. The van der Waals surface area contributed by atoms with Crippen molar-refractivity contribution in [1.29, 1.82) is 0 Å². The number of esters is 1. The highest BCUT2D eigenvalue weighted by atomic mass is 32.1. The van der Waals surface area contributed by atoms with Crippen LogP contribution in [0.15, 0.2) is 60.7 Å². The van der Waals surface area contributed by atoms with Crippen LogP contribution >= 0.6 is 11.3 Å². The van der Waals surface area contributed by atoms with Crippen molar-refractivity contribution in [3.63, 3.8) is 0 Å². The summed E-state index contributed by atoms with van der Waals surface area (Å²) in [6, 6.07) is 8.82. The first kappa shape index (κ1) is 25.2. The number of fused-ring (bicyclic) bond motifs is 1. The Kier molecular flexibility index (Phi) is 6.68. The molecule has 2 aromatic carbocycles. The molecule has 1 N–H and O–H groups in total. The molecule has 1 atom stereocenters. The minimum absolute atomic E-state index is 0.0235. The van der Waals surface area contributed by atoms with Crippen molar-refractivity contribution in [2.24, 2.45) is 0 Å². The lowest BCUT2D eigenvalue weighted by Gasteiger charge is -2.23. The van der Waals surface area contributed by atoms with Crippen LogP contribution in [0.1, 0.15) is 32.5 Å². The molecule has 1 unspecified atom stereocenters. The number of rotatable bonds is 6. The number of carbonyl (C=O) groups excluding carboxylic acids is 3. The summed E-state index contributed by atoms with van der Waals surface area (Å²) in [5.74, 6) is -3.14. The first-order valence-electron chi connectivity index (χ1n) is 11.5. The van der Waals surface area contributed by atoms with Crippen molar-refractivity contribution in [1.82, 2.24) is 4.98 Å². The molecule has 38 heavy (non-hydrogen) atoms. The van der Waals surface area contributed by atoms with Crippen molar-refractivity contribution in [2.45, 2.75) is 13.0 Å². The molecule has 2 aliphatic heterocycles. The van der Waals surface area contributed by atoms with Crippen LogP contribution in [-0.4, -0.2) is 47.6 Å². The Morgan fingerprint density at radius 1 is 1.24 bits per heavy atom. The van der Waals surface area contributed by atoms with Gasteiger partial charge >= 0.3 is 11.9 Å². The number of Topliss-reactive ketones (excluding diaryl/α,β-unsaturated/α-hetero) is 1. The van der Waals surface area contributed by atoms with Gasteiger partial charge in [-0.3, -0.25) is 14.5 Å². The molecule has 0 bridgehead atoms. The lowest BCUT2D eigenvalue weighted by Crippen LogP contribution is -2.29. The van der Waals surface area contributed by atoms with Gasteiger partial charge in [0.25, 0.3) is 5.78 Å². The van der Waals surface area contributed by atoms with E-state index < -0.39 is 35.3 Å². The first-order valence-corrected chi connectivity index (χ1v) is 12.3. The van der Waals surface area contributed by atoms with Gasteiger partial charge in [-0.05, 0) is 31.2 Å². The number of benzene rings is 2. The summed E-state index contributed by atoms with van der Waals surface area (Å²) in [5, 5.41) is 11.3. The summed E-state index contributed by atoms with van der Waals surface area (Å²) >= 11 is 0.823. The second-order valence-electron chi connectivity index (χ2n) is 8.35. The molecule has 11 heteroatoms. The Hall–Kier alpha value is -4.51. The largest absolute Gasteiger partial charge is 0.507 e. The van der Waals surface area contributed by atoms with E-state index in [1.54, 1.807) is 19.1 Å². The van der Waals surface area contributed by atoms with Gasteiger partial charge < -0.3 is 19.3 Å². The zero-order chi connectivity index (χ0) is 27.0. The van der Waals surface area contributed by atoms with E-state index in [-0.39, 0.29) is 39.0 Å². The summed E-state index contributed by atoms with van der Waals surface area (Å²) in [7, 11) is 0. The molecule has 3 heterocycles. The third-order valence-electron chi connectivity index (χ3n) is 5.97. The fourth-order valence-corrected chi connectivity index (χ4v) is 5.23. The maximum absolute atomic E-state index is 15.1. The summed E-state index contributed by atoms with van der Waals surface area (Å²) < 4.78 is 31.3. The highest BCUT2D eigenvalue weighted by molar-refractivity contribution is 7.17. The minimum Gasteiger partial charge on any atom is -0.507 e. The Morgan fingerprint density at radius 2 is 1.97 bits per heavy atom. The number of thiazole rings is 1. The lowest BCUT2D eigenvalue weighted by molar-refractivity contribution is -0.132. The fourth-order valence-electron chi connectivity index (χ4n) is 4.24. The maximum atomic E-state index is 15.1. The van der Waals surface area contributed by atoms with E-state index in [0.717, 1.165) is 16.2 Å². The fraction of sp³-hybridized carbons (Fsp3) is 0.185. The molecule has 194 valence electrons. The molecule has 0 saturated carbocycles. The Balaban J connectivity index is 1.66. The van der Waals surface area contributed by atoms with E-state index >= 15 is 4.39 Å². The monoisotopic (exact) mass is 536 g/mol. The molecule has 9 nitrogen and oxygen atoms in total. The second kappa shape index (κ2) is 10.1. The smallest absolute Gasteiger partial charge is 0.350 e. The van der Waals surface area contributed by atoms with E-state index in [9.17, 15) is 19.5 Å². The number of aliphatic hydroxyl groups is 1. The molecular formula is C27H21FN2O7S. The van der Waals surface area contributed by atoms with Gasteiger partial charge in [-0.15, -0.1) is 0 Å². The molecule has 0 aliphatic carbocycles. The zero-order valence-electron chi connectivity index (χ0n) is 20.1.